The molecular weight excluding hydrogens is 406 g/mol. The molecule has 0 unspecified atom stereocenters. The molecule has 1 aliphatic heterocycles. The summed E-state index contributed by atoms with van der Waals surface area (Å²) in [7, 11) is 1.39. The summed E-state index contributed by atoms with van der Waals surface area (Å²) >= 11 is 0. The zero-order valence-electron chi connectivity index (χ0n) is 17.0. The predicted molar refractivity (Wildman–Crippen MR) is 111 cm³/mol. The smallest absolute Gasteiger partial charge is 0.311 e. The number of nitro benzene ring substituents is 1. The first-order valence-electron chi connectivity index (χ1n) is 9.45. The second kappa shape index (κ2) is 9.24. The van der Waals surface area contributed by atoms with Crippen LogP contribution in [0.3, 0.4) is 0 Å². The van der Waals surface area contributed by atoms with Gasteiger partial charge in [-0.3, -0.25) is 24.5 Å². The number of methoxy groups -OCH3 is 1. The molecule has 162 valence electrons. The molecule has 0 aromatic heterocycles. The molecule has 1 aliphatic rings. The molecule has 2 amide bonds. The van der Waals surface area contributed by atoms with Crippen LogP contribution in [0.1, 0.15) is 12.0 Å². The number of nitro groups is 1. The van der Waals surface area contributed by atoms with Gasteiger partial charge < -0.3 is 19.7 Å². The number of rotatable bonds is 7. The van der Waals surface area contributed by atoms with E-state index in [-0.39, 0.29) is 30.2 Å². The van der Waals surface area contributed by atoms with Crippen LogP contribution in [-0.2, 0) is 19.1 Å². The first-order valence-corrected chi connectivity index (χ1v) is 9.45. The molecule has 0 radical (unpaired) electrons. The standard InChI is InChI=1S/C21H21N3O7/c1-13-5-3-4-6-17(13)23-11-14(9-20(23)26)21(27)31-12-19(25)22-16-10-15(30-2)7-8-18(16)24(28)29/h3-8,10,14H,9,11-12H2,1-2H3,(H,22,25)/t14-/m1/s1. The van der Waals surface area contributed by atoms with Crippen LogP contribution in [0, 0.1) is 23.0 Å². The largest absolute Gasteiger partial charge is 0.497 e. The van der Waals surface area contributed by atoms with Gasteiger partial charge in [-0.05, 0) is 24.6 Å². The molecule has 2 aromatic rings. The van der Waals surface area contributed by atoms with Gasteiger partial charge in [-0.1, -0.05) is 18.2 Å². The topological polar surface area (TPSA) is 128 Å². The molecule has 31 heavy (non-hydrogen) atoms. The van der Waals surface area contributed by atoms with Gasteiger partial charge in [0.05, 0.1) is 18.0 Å². The molecule has 0 spiro atoms. The number of nitrogens with one attached hydrogen (secondary N) is 1. The molecule has 1 fully saturated rings. The number of hydrogen-bond donors (Lipinski definition) is 1. The van der Waals surface area contributed by atoms with Crippen molar-refractivity contribution in [2.24, 2.45) is 5.92 Å². The normalized spacial score (nSPS) is 15.5. The van der Waals surface area contributed by atoms with Crippen LogP contribution in [0.25, 0.3) is 0 Å². The van der Waals surface area contributed by atoms with Crippen molar-refractivity contribution in [1.82, 2.24) is 0 Å². The van der Waals surface area contributed by atoms with Gasteiger partial charge in [0.15, 0.2) is 6.61 Å². The van der Waals surface area contributed by atoms with E-state index in [0.29, 0.717) is 5.75 Å². The van der Waals surface area contributed by atoms with Crippen molar-refractivity contribution in [3.8, 4) is 5.75 Å². The Balaban J connectivity index is 1.59. The average Bonchev–Trinajstić information content (AvgIpc) is 3.13. The molecule has 10 nitrogen and oxygen atoms in total. The third-order valence-electron chi connectivity index (χ3n) is 4.88. The van der Waals surface area contributed by atoms with Crippen molar-refractivity contribution < 1.29 is 28.8 Å². The van der Waals surface area contributed by atoms with E-state index in [1.807, 2.05) is 25.1 Å². The fourth-order valence-corrected chi connectivity index (χ4v) is 3.31. The number of nitrogens with zero attached hydrogens (tertiary/aromatic N) is 2. The Morgan fingerprint density at radius 2 is 2.00 bits per heavy atom. The molecule has 0 saturated carbocycles. The zero-order valence-corrected chi connectivity index (χ0v) is 17.0. The number of hydrogen-bond acceptors (Lipinski definition) is 7. The van der Waals surface area contributed by atoms with E-state index in [0.717, 1.165) is 11.3 Å². The fourth-order valence-electron chi connectivity index (χ4n) is 3.31. The number of anilines is 2. The molecule has 1 saturated heterocycles. The van der Waals surface area contributed by atoms with E-state index in [2.05, 4.69) is 5.32 Å². The van der Waals surface area contributed by atoms with Gasteiger partial charge in [0.1, 0.15) is 11.4 Å². The van der Waals surface area contributed by atoms with Crippen LogP contribution in [-0.4, -0.2) is 43.0 Å². The summed E-state index contributed by atoms with van der Waals surface area (Å²) in [6.45, 7) is 1.39. The van der Waals surface area contributed by atoms with E-state index in [1.165, 1.54) is 30.2 Å². The fraction of sp³-hybridized carbons (Fsp3) is 0.286. The lowest BCUT2D eigenvalue weighted by molar-refractivity contribution is -0.383. The lowest BCUT2D eigenvalue weighted by Crippen LogP contribution is -2.28. The van der Waals surface area contributed by atoms with Crippen LogP contribution >= 0.6 is 0 Å². The number of carbonyl (C=O) groups is 3. The van der Waals surface area contributed by atoms with Gasteiger partial charge in [-0.15, -0.1) is 0 Å². The Morgan fingerprint density at radius 1 is 1.26 bits per heavy atom. The molecule has 10 heteroatoms. The van der Waals surface area contributed by atoms with Crippen molar-refractivity contribution in [3.05, 3.63) is 58.1 Å². The van der Waals surface area contributed by atoms with E-state index in [9.17, 15) is 24.5 Å². The predicted octanol–water partition coefficient (Wildman–Crippen LogP) is 2.45. The maximum atomic E-state index is 12.4. The maximum Gasteiger partial charge on any atom is 0.311 e. The van der Waals surface area contributed by atoms with Crippen molar-refractivity contribution in [1.29, 1.82) is 0 Å². The van der Waals surface area contributed by atoms with Gasteiger partial charge in [0.2, 0.25) is 5.91 Å². The number of ether oxygens (including phenoxy) is 2. The number of amides is 2. The maximum absolute atomic E-state index is 12.4. The first-order chi connectivity index (χ1) is 14.8. The minimum atomic E-state index is -0.746. The summed E-state index contributed by atoms with van der Waals surface area (Å²) < 4.78 is 10.1. The summed E-state index contributed by atoms with van der Waals surface area (Å²) in [5.74, 6) is -2.01. The first kappa shape index (κ1) is 21.8. The summed E-state index contributed by atoms with van der Waals surface area (Å²) in [5.41, 5.74) is 1.23. The quantitative estimate of drug-likeness (QED) is 0.408. The molecule has 3 rings (SSSR count). The van der Waals surface area contributed by atoms with E-state index in [1.54, 1.807) is 6.07 Å². The highest BCUT2D eigenvalue weighted by Gasteiger charge is 2.36. The molecule has 2 aromatic carbocycles. The Kier molecular flexibility index (Phi) is 6.49. The van der Waals surface area contributed by atoms with Crippen LogP contribution in [0.4, 0.5) is 17.1 Å². The molecule has 1 N–H and O–H groups in total. The molecule has 0 aliphatic carbocycles. The number of para-hydroxylation sites is 1. The highest BCUT2D eigenvalue weighted by molar-refractivity contribution is 6.00. The summed E-state index contributed by atoms with van der Waals surface area (Å²) in [6, 6.07) is 11.2. The number of aryl methyl sites for hydroxylation is 1. The SMILES string of the molecule is COc1ccc([N+](=O)[O-])c(NC(=O)COC(=O)[C@@H]2CC(=O)N(c3ccccc3C)C2)c1. The number of benzene rings is 2. The lowest BCUT2D eigenvalue weighted by atomic mass is 10.1. The average molecular weight is 427 g/mol. The summed E-state index contributed by atoms with van der Waals surface area (Å²) in [6.07, 6.45) is -0.0177. The molecule has 1 atom stereocenters. The Hall–Kier alpha value is -3.95. The Morgan fingerprint density at radius 3 is 2.68 bits per heavy atom. The summed E-state index contributed by atoms with van der Waals surface area (Å²) in [4.78, 5) is 48.9. The lowest BCUT2D eigenvalue weighted by Gasteiger charge is -2.18. The molecule has 0 bridgehead atoms. The van der Waals surface area contributed by atoms with Gasteiger partial charge in [-0.2, -0.15) is 0 Å². The van der Waals surface area contributed by atoms with Crippen LogP contribution in [0.5, 0.6) is 5.75 Å². The van der Waals surface area contributed by atoms with Gasteiger partial charge in [0.25, 0.3) is 11.6 Å². The van der Waals surface area contributed by atoms with Gasteiger partial charge >= 0.3 is 5.97 Å². The van der Waals surface area contributed by atoms with Gasteiger partial charge in [0, 0.05) is 30.8 Å². The van der Waals surface area contributed by atoms with E-state index in [4.69, 9.17) is 9.47 Å². The van der Waals surface area contributed by atoms with Gasteiger partial charge in [-0.25, -0.2) is 0 Å². The number of carbonyl (C=O) groups excluding carboxylic acids is 3. The van der Waals surface area contributed by atoms with Crippen molar-refractivity contribution >= 4 is 34.8 Å². The zero-order chi connectivity index (χ0) is 22.5. The second-order valence-electron chi connectivity index (χ2n) is 6.99. The van der Waals surface area contributed by atoms with Crippen molar-refractivity contribution in [3.63, 3.8) is 0 Å². The third kappa shape index (κ3) is 4.97. The Labute approximate surface area is 177 Å². The van der Waals surface area contributed by atoms with Crippen LogP contribution in [0.15, 0.2) is 42.5 Å². The highest BCUT2D eigenvalue weighted by Crippen LogP contribution is 2.30. The minimum Gasteiger partial charge on any atom is -0.497 e. The van der Waals surface area contributed by atoms with Crippen LogP contribution in [0.2, 0.25) is 0 Å². The van der Waals surface area contributed by atoms with Crippen molar-refractivity contribution in [2.75, 3.05) is 30.5 Å². The highest BCUT2D eigenvalue weighted by atomic mass is 16.6. The van der Waals surface area contributed by atoms with E-state index < -0.39 is 29.3 Å². The monoisotopic (exact) mass is 427 g/mol. The van der Waals surface area contributed by atoms with E-state index >= 15 is 0 Å². The second-order valence-corrected chi connectivity index (χ2v) is 6.99. The number of esters is 1. The minimum absolute atomic E-state index is 0.0177. The molecular formula is C21H21N3O7. The molecule has 1 heterocycles. The Bertz CT molecular complexity index is 1040. The van der Waals surface area contributed by atoms with Crippen LogP contribution < -0.4 is 15.0 Å². The van der Waals surface area contributed by atoms with Crippen molar-refractivity contribution in [2.45, 2.75) is 13.3 Å². The summed E-state index contributed by atoms with van der Waals surface area (Å²) in [5, 5.41) is 13.5. The third-order valence-corrected chi connectivity index (χ3v) is 4.88.